The van der Waals surface area contributed by atoms with E-state index < -0.39 is 0 Å². The van der Waals surface area contributed by atoms with Crippen molar-refractivity contribution >= 4 is 12.0 Å². The lowest BCUT2D eigenvalue weighted by atomic mass is 10.0. The van der Waals surface area contributed by atoms with E-state index in [9.17, 15) is 0 Å². The molecule has 1 heterocycles. The number of nitrogens with one attached hydrogen (secondary N) is 2. The fourth-order valence-corrected chi connectivity index (χ4v) is 2.43. The molecule has 0 atom stereocenters. The summed E-state index contributed by atoms with van der Waals surface area (Å²) in [7, 11) is 0. The summed E-state index contributed by atoms with van der Waals surface area (Å²) in [5.74, 6) is 1.05. The summed E-state index contributed by atoms with van der Waals surface area (Å²) in [6.07, 6.45) is 1.95. The Kier molecular flexibility index (Phi) is 4.69. The number of H-pyrrole nitrogens is 1. The molecule has 0 bridgehead atoms. The number of hydrogen-bond acceptors (Lipinski definition) is 2. The van der Waals surface area contributed by atoms with Crippen LogP contribution in [0, 0.1) is 6.92 Å². The Morgan fingerprint density at radius 2 is 1.61 bits per heavy atom. The molecule has 0 amide bonds. The van der Waals surface area contributed by atoms with Gasteiger partial charge in [-0.2, -0.15) is 0 Å². The van der Waals surface area contributed by atoms with E-state index >= 15 is 0 Å². The molecule has 23 heavy (non-hydrogen) atoms. The largest absolute Gasteiger partial charge is 0.367 e. The zero-order valence-corrected chi connectivity index (χ0v) is 15.4. The number of aromatic nitrogens is 1. The minimum atomic E-state index is -0.0813. The molecule has 3 heteroatoms. The van der Waals surface area contributed by atoms with Crippen molar-refractivity contribution in [3.63, 3.8) is 0 Å². The van der Waals surface area contributed by atoms with Crippen LogP contribution in [0.25, 0.3) is 11.1 Å². The third-order valence-electron chi connectivity index (χ3n) is 3.43. The lowest BCUT2D eigenvalue weighted by Gasteiger charge is -2.22. The number of aromatic amines is 1. The van der Waals surface area contributed by atoms with Gasteiger partial charge in [-0.15, -0.1) is 0 Å². The summed E-state index contributed by atoms with van der Waals surface area (Å²) in [6, 6.07) is 10.5. The standard InChI is InChI=1S/C20H29N3/c1-14-16(13-21-19(2,3)4)22-18(23-20(5,6)7)17(14)15-11-9-8-10-12-15/h8-13,22-23H,1-7H3. The van der Waals surface area contributed by atoms with Gasteiger partial charge in [0.1, 0.15) is 5.82 Å². The van der Waals surface area contributed by atoms with Gasteiger partial charge in [0, 0.05) is 17.3 Å². The van der Waals surface area contributed by atoms with E-state index in [-0.39, 0.29) is 11.1 Å². The molecule has 0 saturated carbocycles. The normalized spacial score (nSPS) is 12.8. The molecule has 3 nitrogen and oxygen atoms in total. The molecule has 0 unspecified atom stereocenters. The van der Waals surface area contributed by atoms with Crippen LogP contribution in [0.3, 0.4) is 0 Å². The van der Waals surface area contributed by atoms with Gasteiger partial charge in [0.2, 0.25) is 0 Å². The Morgan fingerprint density at radius 3 is 2.13 bits per heavy atom. The lowest BCUT2D eigenvalue weighted by Crippen LogP contribution is -2.26. The lowest BCUT2D eigenvalue weighted by molar-refractivity contribution is 0.586. The van der Waals surface area contributed by atoms with Crippen molar-refractivity contribution in [2.24, 2.45) is 4.99 Å². The minimum Gasteiger partial charge on any atom is -0.367 e. The van der Waals surface area contributed by atoms with Gasteiger partial charge in [0.05, 0.1) is 11.2 Å². The molecule has 1 aromatic heterocycles. The summed E-state index contributed by atoms with van der Waals surface area (Å²) in [5.41, 5.74) is 4.61. The van der Waals surface area contributed by atoms with E-state index in [4.69, 9.17) is 0 Å². The van der Waals surface area contributed by atoms with E-state index in [1.807, 2.05) is 12.3 Å². The van der Waals surface area contributed by atoms with Crippen molar-refractivity contribution in [1.82, 2.24) is 4.98 Å². The molecule has 2 N–H and O–H groups in total. The van der Waals surface area contributed by atoms with Crippen LogP contribution in [0.15, 0.2) is 35.3 Å². The highest BCUT2D eigenvalue weighted by atomic mass is 15.1. The van der Waals surface area contributed by atoms with Crippen molar-refractivity contribution in [1.29, 1.82) is 0 Å². The van der Waals surface area contributed by atoms with Crippen LogP contribution in [0.1, 0.15) is 52.8 Å². The summed E-state index contributed by atoms with van der Waals surface area (Å²) in [6.45, 7) is 15.0. The first kappa shape index (κ1) is 17.3. The van der Waals surface area contributed by atoms with Crippen LogP contribution in [-0.2, 0) is 0 Å². The van der Waals surface area contributed by atoms with E-state index in [1.165, 1.54) is 16.7 Å². The molecule has 0 saturated heterocycles. The fraction of sp³-hybridized carbons (Fsp3) is 0.450. The molecule has 0 aliphatic rings. The molecular weight excluding hydrogens is 282 g/mol. The average molecular weight is 311 g/mol. The molecule has 124 valence electrons. The van der Waals surface area contributed by atoms with Crippen LogP contribution in [0.5, 0.6) is 0 Å². The molecule has 2 rings (SSSR count). The molecule has 0 fully saturated rings. The summed E-state index contributed by atoms with van der Waals surface area (Å²) in [5, 5.41) is 3.59. The first-order chi connectivity index (χ1) is 10.6. The number of benzene rings is 1. The second-order valence-electron chi connectivity index (χ2n) is 8.08. The first-order valence-corrected chi connectivity index (χ1v) is 8.18. The molecule has 0 aliphatic heterocycles. The Labute approximate surface area is 140 Å². The van der Waals surface area contributed by atoms with Crippen LogP contribution in [0.2, 0.25) is 0 Å². The van der Waals surface area contributed by atoms with E-state index in [0.29, 0.717) is 0 Å². The number of aliphatic imine (C=N–C) groups is 1. The highest BCUT2D eigenvalue weighted by molar-refractivity contribution is 5.90. The van der Waals surface area contributed by atoms with Crippen LogP contribution in [-0.4, -0.2) is 22.3 Å². The van der Waals surface area contributed by atoms with Crippen LogP contribution in [0.4, 0.5) is 5.82 Å². The molecule has 2 aromatic rings. The van der Waals surface area contributed by atoms with E-state index in [0.717, 1.165) is 11.5 Å². The number of anilines is 1. The maximum absolute atomic E-state index is 4.65. The maximum Gasteiger partial charge on any atom is 0.112 e. The monoisotopic (exact) mass is 311 g/mol. The predicted molar refractivity (Wildman–Crippen MR) is 102 cm³/mol. The highest BCUT2D eigenvalue weighted by Crippen LogP contribution is 2.34. The number of rotatable bonds is 3. The van der Waals surface area contributed by atoms with Crippen molar-refractivity contribution < 1.29 is 0 Å². The molecule has 0 radical (unpaired) electrons. The Balaban J connectivity index is 2.54. The zero-order chi connectivity index (χ0) is 17.3. The van der Waals surface area contributed by atoms with Gasteiger partial charge < -0.3 is 10.3 Å². The summed E-state index contributed by atoms with van der Waals surface area (Å²) in [4.78, 5) is 8.17. The van der Waals surface area contributed by atoms with Gasteiger partial charge in [-0.1, -0.05) is 30.3 Å². The number of hydrogen-bond donors (Lipinski definition) is 2. The van der Waals surface area contributed by atoms with Crippen molar-refractivity contribution in [3.05, 3.63) is 41.6 Å². The third kappa shape index (κ3) is 4.72. The predicted octanol–water partition coefficient (Wildman–Crippen LogP) is 5.42. The van der Waals surface area contributed by atoms with Gasteiger partial charge in [0.15, 0.2) is 0 Å². The van der Waals surface area contributed by atoms with E-state index in [2.05, 4.69) is 88.0 Å². The van der Waals surface area contributed by atoms with Crippen LogP contribution < -0.4 is 5.32 Å². The highest BCUT2D eigenvalue weighted by Gasteiger charge is 2.19. The van der Waals surface area contributed by atoms with Gasteiger partial charge in [-0.25, -0.2) is 0 Å². The summed E-state index contributed by atoms with van der Waals surface area (Å²) < 4.78 is 0. The summed E-state index contributed by atoms with van der Waals surface area (Å²) >= 11 is 0. The van der Waals surface area contributed by atoms with Crippen LogP contribution >= 0.6 is 0 Å². The second kappa shape index (κ2) is 6.23. The second-order valence-corrected chi connectivity index (χ2v) is 8.08. The Hall–Kier alpha value is -2.03. The first-order valence-electron chi connectivity index (χ1n) is 8.18. The van der Waals surface area contributed by atoms with Gasteiger partial charge in [-0.3, -0.25) is 4.99 Å². The molecular formula is C20H29N3. The maximum atomic E-state index is 4.65. The van der Waals surface area contributed by atoms with Crippen molar-refractivity contribution in [3.8, 4) is 11.1 Å². The SMILES string of the molecule is Cc1c(C=NC(C)(C)C)[nH]c(NC(C)(C)C)c1-c1ccccc1. The smallest absolute Gasteiger partial charge is 0.112 e. The average Bonchev–Trinajstić information content (AvgIpc) is 2.71. The number of nitrogens with zero attached hydrogens (tertiary/aromatic N) is 1. The molecule has 0 aliphatic carbocycles. The minimum absolute atomic E-state index is 0.0146. The Bertz CT molecular complexity index is 680. The Morgan fingerprint density at radius 1 is 1.00 bits per heavy atom. The fourth-order valence-electron chi connectivity index (χ4n) is 2.43. The molecule has 0 spiro atoms. The van der Waals surface area contributed by atoms with Gasteiger partial charge in [-0.05, 0) is 59.6 Å². The van der Waals surface area contributed by atoms with Gasteiger partial charge in [0.25, 0.3) is 0 Å². The molecule has 1 aromatic carbocycles. The quantitative estimate of drug-likeness (QED) is 0.730. The zero-order valence-electron chi connectivity index (χ0n) is 15.4. The van der Waals surface area contributed by atoms with Gasteiger partial charge >= 0.3 is 0 Å². The third-order valence-corrected chi connectivity index (χ3v) is 3.43. The van der Waals surface area contributed by atoms with E-state index in [1.54, 1.807) is 0 Å². The topological polar surface area (TPSA) is 40.2 Å². The van der Waals surface area contributed by atoms with Crippen molar-refractivity contribution in [2.45, 2.75) is 59.5 Å². The van der Waals surface area contributed by atoms with Crippen molar-refractivity contribution in [2.75, 3.05) is 5.32 Å².